The summed E-state index contributed by atoms with van der Waals surface area (Å²) in [5.74, 6) is -0.0556. The first-order chi connectivity index (χ1) is 41.0. The second-order valence-electron chi connectivity index (χ2n) is 26.0. The van der Waals surface area contributed by atoms with Crippen molar-refractivity contribution in [1.82, 2.24) is 5.32 Å². The van der Waals surface area contributed by atoms with E-state index in [1.807, 2.05) is 6.08 Å². The van der Waals surface area contributed by atoms with Gasteiger partial charge in [0.1, 0.15) is 0 Å². The first-order valence-corrected chi connectivity index (χ1v) is 37.8. The zero-order chi connectivity index (χ0) is 59.9. The molecule has 0 aromatic rings. The molecule has 0 aliphatic carbocycles. The maximum absolute atomic E-state index is 12.5. The summed E-state index contributed by atoms with van der Waals surface area (Å²) in [5, 5.41) is 23.3. The highest BCUT2D eigenvalue weighted by atomic mass is 16.5. The summed E-state index contributed by atoms with van der Waals surface area (Å²) in [6.45, 7) is 4.88. The van der Waals surface area contributed by atoms with Crippen molar-refractivity contribution < 1.29 is 24.5 Å². The Balaban J connectivity index is 3.37. The number of hydrogen-bond donors (Lipinski definition) is 3. The predicted octanol–water partition coefficient (Wildman–Crippen LogP) is 24.7. The van der Waals surface area contributed by atoms with E-state index in [9.17, 15) is 19.8 Å². The van der Waals surface area contributed by atoms with Gasteiger partial charge < -0.3 is 20.3 Å². The number of aliphatic hydroxyl groups is 2. The summed E-state index contributed by atoms with van der Waals surface area (Å²) in [6.07, 6.45) is 93.9. The predicted molar refractivity (Wildman–Crippen MR) is 366 cm³/mol. The normalized spacial score (nSPS) is 12.7. The number of esters is 1. The number of unbranched alkanes of at least 4 members (excludes halogenated alkanes) is 56. The third-order valence-electron chi connectivity index (χ3n) is 17.6. The van der Waals surface area contributed by atoms with Gasteiger partial charge in [0, 0.05) is 12.8 Å². The van der Waals surface area contributed by atoms with E-state index in [1.54, 1.807) is 6.08 Å². The van der Waals surface area contributed by atoms with Gasteiger partial charge in [-0.1, -0.05) is 384 Å². The highest BCUT2D eigenvalue weighted by Crippen LogP contribution is 2.19. The fourth-order valence-electron chi connectivity index (χ4n) is 11.9. The van der Waals surface area contributed by atoms with Crippen molar-refractivity contribution in [3.05, 3.63) is 36.5 Å². The first-order valence-electron chi connectivity index (χ1n) is 37.8. The number of carbonyl (C=O) groups excluding carboxylic acids is 2. The van der Waals surface area contributed by atoms with Crippen molar-refractivity contribution in [2.45, 2.75) is 431 Å². The highest BCUT2D eigenvalue weighted by molar-refractivity contribution is 5.76. The molecule has 2 atom stereocenters. The van der Waals surface area contributed by atoms with Crippen molar-refractivity contribution in [2.75, 3.05) is 13.2 Å². The fraction of sp³-hybridized carbons (Fsp3) is 0.896. The molecule has 0 saturated heterocycles. The molecule has 0 aliphatic rings. The summed E-state index contributed by atoms with van der Waals surface area (Å²) in [6, 6.07) is -0.627. The Morgan fingerprint density at radius 3 is 0.964 bits per heavy atom. The van der Waals surface area contributed by atoms with E-state index < -0.39 is 12.1 Å². The number of ether oxygens (including phenoxy) is 1. The van der Waals surface area contributed by atoms with Crippen LogP contribution in [0.3, 0.4) is 0 Å². The standard InChI is InChI=1S/C77H147NO5/c1-3-5-7-9-11-13-15-17-18-19-20-21-22-30-33-36-39-42-46-49-53-57-61-65-69-75(80)74(73-79)78-76(81)70-66-62-58-54-50-47-43-40-37-34-31-28-26-24-23-25-27-29-32-35-38-41-44-48-52-56-60-64-68-72-83-77(82)71-67-63-59-55-51-45-16-14-12-10-8-6-4-2/h8,10,14,16,65,69,74-75,79-80H,3-7,9,11-13,15,17-64,66-68,70-73H2,1-2H3,(H,78,81)/b10-8-,16-14-,69-65+. The molecule has 83 heavy (non-hydrogen) atoms. The Morgan fingerprint density at radius 1 is 0.337 bits per heavy atom. The summed E-state index contributed by atoms with van der Waals surface area (Å²) in [4.78, 5) is 24.6. The second-order valence-corrected chi connectivity index (χ2v) is 26.0. The number of rotatable bonds is 71. The van der Waals surface area contributed by atoms with Crippen molar-refractivity contribution >= 4 is 11.9 Å². The van der Waals surface area contributed by atoms with Gasteiger partial charge in [-0.25, -0.2) is 0 Å². The summed E-state index contributed by atoms with van der Waals surface area (Å²) >= 11 is 0. The molecule has 6 nitrogen and oxygen atoms in total. The lowest BCUT2D eigenvalue weighted by Crippen LogP contribution is -2.45. The van der Waals surface area contributed by atoms with Crippen LogP contribution in [0.25, 0.3) is 0 Å². The molecule has 490 valence electrons. The van der Waals surface area contributed by atoms with E-state index in [4.69, 9.17) is 4.74 Å². The molecule has 2 unspecified atom stereocenters. The third kappa shape index (κ3) is 69.1. The summed E-state index contributed by atoms with van der Waals surface area (Å²) < 4.78 is 5.48. The smallest absolute Gasteiger partial charge is 0.305 e. The van der Waals surface area contributed by atoms with E-state index in [0.29, 0.717) is 19.4 Å². The van der Waals surface area contributed by atoms with Gasteiger partial charge in [0.05, 0.1) is 25.4 Å². The largest absolute Gasteiger partial charge is 0.466 e. The Bertz CT molecular complexity index is 1340. The van der Waals surface area contributed by atoms with Crippen LogP contribution in [0.1, 0.15) is 418 Å². The quantitative estimate of drug-likeness (QED) is 0.0320. The first kappa shape index (κ1) is 81.1. The van der Waals surface area contributed by atoms with Gasteiger partial charge in [-0.15, -0.1) is 0 Å². The van der Waals surface area contributed by atoms with E-state index in [0.717, 1.165) is 51.4 Å². The Kier molecular flexibility index (Phi) is 70.9. The van der Waals surface area contributed by atoms with Gasteiger partial charge in [-0.3, -0.25) is 9.59 Å². The van der Waals surface area contributed by atoms with Gasteiger partial charge in [0.25, 0.3) is 0 Å². The molecule has 0 aromatic heterocycles. The number of hydrogen-bond acceptors (Lipinski definition) is 5. The molecular weight excluding hydrogens is 1020 g/mol. The molecule has 3 N–H and O–H groups in total. The number of aliphatic hydroxyl groups excluding tert-OH is 2. The maximum atomic E-state index is 12.5. The number of allylic oxidation sites excluding steroid dienone is 5. The number of nitrogens with one attached hydrogen (secondary N) is 1. The van der Waals surface area contributed by atoms with E-state index >= 15 is 0 Å². The molecule has 0 heterocycles. The zero-order valence-corrected chi connectivity index (χ0v) is 56.2. The average Bonchev–Trinajstić information content (AvgIpc) is 3.48. The molecule has 0 rings (SSSR count). The van der Waals surface area contributed by atoms with Crippen LogP contribution in [0.5, 0.6) is 0 Å². The molecule has 0 aromatic carbocycles. The zero-order valence-electron chi connectivity index (χ0n) is 56.2. The van der Waals surface area contributed by atoms with Gasteiger partial charge >= 0.3 is 5.97 Å². The molecule has 6 heteroatoms. The van der Waals surface area contributed by atoms with Crippen molar-refractivity contribution in [1.29, 1.82) is 0 Å². The third-order valence-corrected chi connectivity index (χ3v) is 17.6. The van der Waals surface area contributed by atoms with Crippen LogP contribution in [0.2, 0.25) is 0 Å². The Morgan fingerprint density at radius 2 is 0.627 bits per heavy atom. The van der Waals surface area contributed by atoms with Gasteiger partial charge in [0.2, 0.25) is 5.91 Å². The molecule has 0 saturated carbocycles. The van der Waals surface area contributed by atoms with Crippen LogP contribution in [-0.2, 0) is 14.3 Å². The number of amides is 1. The monoisotopic (exact) mass is 1170 g/mol. The lowest BCUT2D eigenvalue weighted by atomic mass is 10.0. The van der Waals surface area contributed by atoms with Crippen molar-refractivity contribution in [3.63, 3.8) is 0 Å². The lowest BCUT2D eigenvalue weighted by Gasteiger charge is -2.20. The van der Waals surface area contributed by atoms with E-state index in [1.165, 1.54) is 340 Å². The molecule has 1 amide bonds. The minimum atomic E-state index is -0.844. The van der Waals surface area contributed by atoms with Crippen LogP contribution in [0.15, 0.2) is 36.5 Å². The minimum absolute atomic E-state index is 0.00429. The van der Waals surface area contributed by atoms with Gasteiger partial charge in [-0.2, -0.15) is 0 Å². The molecule has 0 radical (unpaired) electrons. The van der Waals surface area contributed by atoms with Crippen LogP contribution >= 0.6 is 0 Å². The Hall–Kier alpha value is -1.92. The molecule has 0 bridgehead atoms. The molecule has 0 aliphatic heterocycles. The Labute approximate surface area is 519 Å². The van der Waals surface area contributed by atoms with Crippen molar-refractivity contribution in [3.8, 4) is 0 Å². The molecular formula is C77H147NO5. The van der Waals surface area contributed by atoms with E-state index in [2.05, 4.69) is 43.5 Å². The van der Waals surface area contributed by atoms with Crippen LogP contribution in [0.4, 0.5) is 0 Å². The summed E-state index contributed by atoms with van der Waals surface area (Å²) in [5.41, 5.74) is 0. The van der Waals surface area contributed by atoms with Gasteiger partial charge in [0.15, 0.2) is 0 Å². The fourth-order valence-corrected chi connectivity index (χ4v) is 11.9. The van der Waals surface area contributed by atoms with Gasteiger partial charge in [-0.05, 0) is 57.8 Å². The maximum Gasteiger partial charge on any atom is 0.305 e. The van der Waals surface area contributed by atoms with Crippen LogP contribution in [0, 0.1) is 0 Å². The molecule has 0 spiro atoms. The second kappa shape index (κ2) is 72.6. The topological polar surface area (TPSA) is 95.9 Å². The minimum Gasteiger partial charge on any atom is -0.466 e. The lowest BCUT2D eigenvalue weighted by molar-refractivity contribution is -0.143. The average molecular weight is 1170 g/mol. The van der Waals surface area contributed by atoms with Crippen molar-refractivity contribution in [2.24, 2.45) is 0 Å². The number of carbonyl (C=O) groups is 2. The SMILES string of the molecule is CCC/C=C\C/C=C\CCCCCCCC(=O)OCCCCCCCCCCCCCCCCCCCCCCCCCCCCCCCC(=O)NC(CO)C(O)/C=C/CCCCCCCCCCCCCCCCCCCCCCCC. The van der Waals surface area contributed by atoms with E-state index in [-0.39, 0.29) is 18.5 Å². The van der Waals surface area contributed by atoms with Crippen LogP contribution < -0.4 is 5.32 Å². The molecule has 0 fully saturated rings. The highest BCUT2D eigenvalue weighted by Gasteiger charge is 2.18. The summed E-state index contributed by atoms with van der Waals surface area (Å²) in [7, 11) is 0. The van der Waals surface area contributed by atoms with Crippen LogP contribution in [-0.4, -0.2) is 47.4 Å².